The van der Waals surface area contributed by atoms with Crippen LogP contribution in [0.25, 0.3) is 10.4 Å². The number of nitrogens with one attached hydrogen (secondary N) is 1. The van der Waals surface area contributed by atoms with Crippen molar-refractivity contribution in [2.45, 2.75) is 13.2 Å². The molecule has 0 spiro atoms. The zero-order chi connectivity index (χ0) is 19.1. The molecule has 0 bridgehead atoms. The summed E-state index contributed by atoms with van der Waals surface area (Å²) in [7, 11) is 1.31. The van der Waals surface area contributed by atoms with Gasteiger partial charge >= 0.3 is 12.1 Å². The summed E-state index contributed by atoms with van der Waals surface area (Å²) < 4.78 is 9.99. The molecule has 6 nitrogen and oxygen atoms in total. The Morgan fingerprint density at radius 1 is 1.04 bits per heavy atom. The van der Waals surface area contributed by atoms with E-state index < -0.39 is 12.1 Å². The van der Waals surface area contributed by atoms with Crippen molar-refractivity contribution in [1.29, 1.82) is 0 Å². The van der Waals surface area contributed by atoms with Crippen LogP contribution in [0.3, 0.4) is 0 Å². The van der Waals surface area contributed by atoms with Gasteiger partial charge in [-0.2, -0.15) is 0 Å². The maximum atomic E-state index is 12.0. The van der Waals surface area contributed by atoms with Crippen molar-refractivity contribution >= 4 is 23.4 Å². The van der Waals surface area contributed by atoms with E-state index in [2.05, 4.69) is 10.3 Å². The molecule has 0 unspecified atom stereocenters. The Kier molecular flexibility index (Phi) is 6.17. The third-order valence-electron chi connectivity index (χ3n) is 3.68. The maximum Gasteiger partial charge on any atom is 0.407 e. The van der Waals surface area contributed by atoms with Gasteiger partial charge in [0, 0.05) is 0 Å². The molecule has 1 amide bonds. The summed E-state index contributed by atoms with van der Waals surface area (Å²) in [5, 5.41) is 3.24. The first-order chi connectivity index (χ1) is 13.2. The largest absolute Gasteiger partial charge is 0.464 e. The van der Waals surface area contributed by atoms with Crippen molar-refractivity contribution in [1.82, 2.24) is 10.3 Å². The summed E-state index contributed by atoms with van der Waals surface area (Å²) in [6.07, 6.45) is -0.546. The molecule has 1 N–H and O–H groups in total. The quantitative estimate of drug-likeness (QED) is 0.652. The first-order valence-electron chi connectivity index (χ1n) is 8.25. The SMILES string of the molecule is COC(=O)c1nc(CNC(=O)OCc2ccccc2)sc1-c1ccccc1. The smallest absolute Gasteiger partial charge is 0.407 e. The maximum absolute atomic E-state index is 12.0. The molecule has 0 aliphatic carbocycles. The molecular weight excluding hydrogens is 364 g/mol. The second kappa shape index (κ2) is 8.95. The van der Waals surface area contributed by atoms with Gasteiger partial charge in [0.15, 0.2) is 5.69 Å². The number of methoxy groups -OCH3 is 1. The van der Waals surface area contributed by atoms with Crippen molar-refractivity contribution in [3.8, 4) is 10.4 Å². The molecule has 2 aromatic carbocycles. The van der Waals surface area contributed by atoms with E-state index in [4.69, 9.17) is 9.47 Å². The van der Waals surface area contributed by atoms with E-state index in [9.17, 15) is 9.59 Å². The second-order valence-corrected chi connectivity index (χ2v) is 6.64. The minimum absolute atomic E-state index is 0.162. The Labute approximate surface area is 160 Å². The molecular formula is C20H18N2O4S. The van der Waals surface area contributed by atoms with Crippen LogP contribution in [-0.4, -0.2) is 24.2 Å². The fourth-order valence-corrected chi connectivity index (χ4v) is 3.38. The standard InChI is InChI=1S/C20H18N2O4S/c1-25-19(23)17-18(15-10-6-3-7-11-15)27-16(22-17)12-21-20(24)26-13-14-8-4-2-5-9-14/h2-11H,12-13H2,1H3,(H,21,24). The Bertz CT molecular complexity index is 910. The molecule has 0 aliphatic heterocycles. The molecule has 0 aliphatic rings. The summed E-state index contributed by atoms with van der Waals surface area (Å²) in [6.45, 7) is 0.350. The van der Waals surface area contributed by atoms with Crippen LogP contribution in [0.5, 0.6) is 0 Å². The Balaban J connectivity index is 1.65. The summed E-state index contributed by atoms with van der Waals surface area (Å²) in [5.41, 5.74) is 2.01. The summed E-state index contributed by atoms with van der Waals surface area (Å²) in [5.74, 6) is -0.511. The number of esters is 1. The van der Waals surface area contributed by atoms with Crippen molar-refractivity contribution < 1.29 is 19.1 Å². The molecule has 0 saturated heterocycles. The van der Waals surface area contributed by atoms with E-state index >= 15 is 0 Å². The fourth-order valence-electron chi connectivity index (χ4n) is 2.38. The van der Waals surface area contributed by atoms with Crippen molar-refractivity contribution in [3.63, 3.8) is 0 Å². The number of aromatic nitrogens is 1. The zero-order valence-electron chi connectivity index (χ0n) is 14.7. The average molecular weight is 382 g/mol. The summed E-state index contributed by atoms with van der Waals surface area (Å²) in [4.78, 5) is 28.9. The highest BCUT2D eigenvalue weighted by atomic mass is 32.1. The fraction of sp³-hybridized carbons (Fsp3) is 0.150. The number of carbonyl (C=O) groups excluding carboxylic acids is 2. The monoisotopic (exact) mass is 382 g/mol. The Morgan fingerprint density at radius 3 is 2.37 bits per heavy atom. The predicted molar refractivity (Wildman–Crippen MR) is 102 cm³/mol. The first-order valence-corrected chi connectivity index (χ1v) is 9.07. The van der Waals surface area contributed by atoms with Gasteiger partial charge in [-0.25, -0.2) is 14.6 Å². The molecule has 7 heteroatoms. The number of ether oxygens (including phenoxy) is 2. The lowest BCUT2D eigenvalue weighted by atomic mass is 10.1. The molecule has 27 heavy (non-hydrogen) atoms. The van der Waals surface area contributed by atoms with E-state index in [1.807, 2.05) is 60.7 Å². The number of thiazole rings is 1. The lowest BCUT2D eigenvalue weighted by molar-refractivity contribution is 0.0595. The number of carbonyl (C=O) groups is 2. The number of alkyl carbamates (subject to hydrolysis) is 1. The molecule has 0 fully saturated rings. The van der Waals surface area contributed by atoms with Crippen LogP contribution in [0, 0.1) is 0 Å². The van der Waals surface area contributed by atoms with E-state index in [1.165, 1.54) is 18.4 Å². The number of nitrogens with zero attached hydrogens (tertiary/aromatic N) is 1. The van der Waals surface area contributed by atoms with Gasteiger partial charge in [0.25, 0.3) is 0 Å². The molecule has 3 rings (SSSR count). The normalized spacial score (nSPS) is 10.3. The molecule has 0 radical (unpaired) electrons. The molecule has 1 heterocycles. The van der Waals surface area contributed by atoms with Crippen LogP contribution < -0.4 is 5.32 Å². The van der Waals surface area contributed by atoms with Crippen LogP contribution in [-0.2, 0) is 22.6 Å². The summed E-state index contributed by atoms with van der Waals surface area (Å²) in [6, 6.07) is 18.9. The van der Waals surface area contributed by atoms with E-state index in [0.29, 0.717) is 9.88 Å². The lowest BCUT2D eigenvalue weighted by Crippen LogP contribution is -2.23. The van der Waals surface area contributed by atoms with Gasteiger partial charge in [-0.3, -0.25) is 0 Å². The molecule has 138 valence electrons. The van der Waals surface area contributed by atoms with Crippen molar-refractivity contribution in [3.05, 3.63) is 76.9 Å². The number of benzene rings is 2. The van der Waals surface area contributed by atoms with Gasteiger partial charge in [0.2, 0.25) is 0 Å². The number of hydrogen-bond acceptors (Lipinski definition) is 6. The minimum Gasteiger partial charge on any atom is -0.464 e. The number of hydrogen-bond donors (Lipinski definition) is 1. The van der Waals surface area contributed by atoms with Crippen LogP contribution in [0.4, 0.5) is 4.79 Å². The highest BCUT2D eigenvalue weighted by molar-refractivity contribution is 7.15. The van der Waals surface area contributed by atoms with E-state index in [1.54, 1.807) is 0 Å². The Morgan fingerprint density at radius 2 is 1.70 bits per heavy atom. The molecule has 0 atom stereocenters. The van der Waals surface area contributed by atoms with Gasteiger partial charge < -0.3 is 14.8 Å². The number of rotatable bonds is 6. The van der Waals surface area contributed by atoms with E-state index in [-0.39, 0.29) is 18.8 Å². The van der Waals surface area contributed by atoms with E-state index in [0.717, 1.165) is 11.1 Å². The van der Waals surface area contributed by atoms with Crippen LogP contribution in [0.15, 0.2) is 60.7 Å². The van der Waals surface area contributed by atoms with Gasteiger partial charge in [-0.1, -0.05) is 60.7 Å². The lowest BCUT2D eigenvalue weighted by Gasteiger charge is -2.05. The third-order valence-corrected chi connectivity index (χ3v) is 4.79. The number of amides is 1. The zero-order valence-corrected chi connectivity index (χ0v) is 15.5. The minimum atomic E-state index is -0.546. The average Bonchev–Trinajstić information content (AvgIpc) is 3.16. The van der Waals surface area contributed by atoms with Crippen LogP contribution >= 0.6 is 11.3 Å². The highest BCUT2D eigenvalue weighted by Crippen LogP contribution is 2.30. The summed E-state index contributed by atoms with van der Waals surface area (Å²) >= 11 is 1.33. The van der Waals surface area contributed by atoms with Crippen LogP contribution in [0.2, 0.25) is 0 Å². The van der Waals surface area contributed by atoms with Gasteiger partial charge in [0.1, 0.15) is 11.6 Å². The second-order valence-electron chi connectivity index (χ2n) is 5.56. The van der Waals surface area contributed by atoms with Gasteiger partial charge in [0.05, 0.1) is 18.5 Å². The van der Waals surface area contributed by atoms with Crippen molar-refractivity contribution in [2.75, 3.05) is 7.11 Å². The van der Waals surface area contributed by atoms with Crippen molar-refractivity contribution in [2.24, 2.45) is 0 Å². The third kappa shape index (κ3) is 4.92. The van der Waals surface area contributed by atoms with Crippen LogP contribution in [0.1, 0.15) is 21.1 Å². The molecule has 1 aromatic heterocycles. The van der Waals surface area contributed by atoms with Gasteiger partial charge in [-0.05, 0) is 11.1 Å². The highest BCUT2D eigenvalue weighted by Gasteiger charge is 2.20. The van der Waals surface area contributed by atoms with Gasteiger partial charge in [-0.15, -0.1) is 11.3 Å². The topological polar surface area (TPSA) is 77.5 Å². The molecule has 0 saturated carbocycles. The first kappa shape index (κ1) is 18.6. The predicted octanol–water partition coefficient (Wildman–Crippen LogP) is 4.02. The Hall–Kier alpha value is -3.19. The molecule has 3 aromatic rings.